The van der Waals surface area contributed by atoms with Crippen LogP contribution in [0.25, 0.3) is 5.69 Å². The van der Waals surface area contributed by atoms with Gasteiger partial charge in [0, 0.05) is 12.6 Å². The number of nitrogens with zero attached hydrogens (tertiary/aromatic N) is 4. The molecule has 2 aromatic rings. The van der Waals surface area contributed by atoms with Gasteiger partial charge in [-0.2, -0.15) is 15.0 Å². The molecule has 2 rings (SSSR count). The highest BCUT2D eigenvalue weighted by Crippen LogP contribution is 2.25. The molecule has 0 bridgehead atoms. The Morgan fingerprint density at radius 2 is 2.12 bits per heavy atom. The lowest BCUT2D eigenvalue weighted by Crippen LogP contribution is -2.42. The summed E-state index contributed by atoms with van der Waals surface area (Å²) in [5.41, 5.74) is -1.62. The van der Waals surface area contributed by atoms with E-state index in [4.69, 9.17) is 16.4 Å². The van der Waals surface area contributed by atoms with Crippen LogP contribution in [0.2, 0.25) is 0 Å². The second kappa shape index (κ2) is 7.02. The molecule has 0 radical (unpaired) electrons. The van der Waals surface area contributed by atoms with E-state index in [0.29, 0.717) is 0 Å². The van der Waals surface area contributed by atoms with Crippen LogP contribution in [0.4, 0.5) is 4.39 Å². The van der Waals surface area contributed by atoms with Crippen molar-refractivity contribution >= 4 is 0 Å². The monoisotopic (exact) mass is 342 g/mol. The predicted molar refractivity (Wildman–Crippen MR) is 88.1 cm³/mol. The number of nitriles is 1. The van der Waals surface area contributed by atoms with Crippen molar-refractivity contribution in [3.8, 4) is 29.8 Å². The molecule has 0 fully saturated rings. The minimum atomic E-state index is -0.854. The summed E-state index contributed by atoms with van der Waals surface area (Å²) < 4.78 is 21.6. The maximum Gasteiger partial charge on any atom is 0.352 e. The number of rotatable bonds is 4. The number of hydrogen-bond donors (Lipinski definition) is 0. The van der Waals surface area contributed by atoms with Crippen LogP contribution in [0.15, 0.2) is 21.7 Å². The van der Waals surface area contributed by atoms with Crippen LogP contribution in [0.1, 0.15) is 25.1 Å². The molecule has 1 aromatic carbocycles. The molecule has 0 saturated heterocycles. The molecule has 1 unspecified atom stereocenters. The highest BCUT2D eigenvalue weighted by atomic mass is 19.1. The van der Waals surface area contributed by atoms with Crippen molar-refractivity contribution in [1.29, 1.82) is 5.26 Å². The molecule has 8 heteroatoms. The van der Waals surface area contributed by atoms with Gasteiger partial charge in [-0.3, -0.25) is 9.36 Å². The Bertz CT molecular complexity index is 1020. The summed E-state index contributed by atoms with van der Waals surface area (Å²) in [5.74, 6) is 1.49. The number of ether oxygens (including phenoxy) is 1. The van der Waals surface area contributed by atoms with Crippen molar-refractivity contribution < 1.29 is 9.13 Å². The molecular formula is C17H15FN4O3. The van der Waals surface area contributed by atoms with Crippen LogP contribution in [0.5, 0.6) is 5.75 Å². The smallest absolute Gasteiger partial charge is 0.352 e. The number of benzene rings is 1. The van der Waals surface area contributed by atoms with Gasteiger partial charge >= 0.3 is 5.69 Å². The van der Waals surface area contributed by atoms with Gasteiger partial charge in [0.05, 0.1) is 5.56 Å². The number of aromatic nitrogens is 3. The largest absolute Gasteiger partial charge is 0.477 e. The lowest BCUT2D eigenvalue weighted by molar-refractivity contribution is 0.277. The van der Waals surface area contributed by atoms with E-state index in [1.807, 2.05) is 0 Å². The molecule has 1 atom stereocenters. The zero-order valence-corrected chi connectivity index (χ0v) is 13.9. The first-order valence-corrected chi connectivity index (χ1v) is 7.41. The van der Waals surface area contributed by atoms with Crippen LogP contribution in [0.3, 0.4) is 0 Å². The Labute approximate surface area is 142 Å². The summed E-state index contributed by atoms with van der Waals surface area (Å²) in [4.78, 5) is 24.4. The molecule has 25 heavy (non-hydrogen) atoms. The zero-order chi connectivity index (χ0) is 18.7. The molecule has 0 N–H and O–H groups in total. The van der Waals surface area contributed by atoms with Gasteiger partial charge in [0.25, 0.3) is 5.56 Å². The van der Waals surface area contributed by atoms with Gasteiger partial charge in [0.2, 0.25) is 0 Å². The van der Waals surface area contributed by atoms with E-state index in [-0.39, 0.29) is 29.2 Å². The van der Waals surface area contributed by atoms with E-state index < -0.39 is 23.2 Å². The molecule has 128 valence electrons. The standard InChI is InChI=1S/C17H15FN4O3/c1-5-10(3)25-15-8-14(13(18)7-12(15)9-19)22-17(24)21(6-2)16(23)11(4)20-22/h1,7-8,10H,6H2,2-4H3. The summed E-state index contributed by atoms with van der Waals surface area (Å²) in [7, 11) is 0. The fraction of sp³-hybridized carbons (Fsp3) is 0.294. The Balaban J connectivity index is 2.77. The third-order valence-electron chi connectivity index (χ3n) is 3.47. The van der Waals surface area contributed by atoms with Gasteiger partial charge in [0.1, 0.15) is 23.2 Å². The lowest BCUT2D eigenvalue weighted by Gasteiger charge is -2.14. The quantitative estimate of drug-likeness (QED) is 0.777. The van der Waals surface area contributed by atoms with Gasteiger partial charge < -0.3 is 4.74 Å². The van der Waals surface area contributed by atoms with Crippen molar-refractivity contribution in [2.24, 2.45) is 0 Å². The van der Waals surface area contributed by atoms with Crippen LogP contribution in [0, 0.1) is 36.4 Å². The Morgan fingerprint density at radius 1 is 1.44 bits per heavy atom. The topological polar surface area (TPSA) is 89.9 Å². The average molecular weight is 342 g/mol. The molecule has 0 spiro atoms. The van der Waals surface area contributed by atoms with E-state index >= 15 is 0 Å². The highest BCUT2D eigenvalue weighted by Gasteiger charge is 2.18. The van der Waals surface area contributed by atoms with Crippen molar-refractivity contribution in [3.63, 3.8) is 0 Å². The summed E-state index contributed by atoms with van der Waals surface area (Å²) in [6.45, 7) is 4.72. The molecule has 0 aliphatic carbocycles. The van der Waals surface area contributed by atoms with Crippen LogP contribution >= 0.6 is 0 Å². The maximum absolute atomic E-state index is 14.4. The lowest BCUT2D eigenvalue weighted by atomic mass is 10.2. The number of aryl methyl sites for hydroxylation is 1. The first-order chi connectivity index (χ1) is 11.8. The predicted octanol–water partition coefficient (Wildman–Crippen LogP) is 1.13. The molecule has 0 aliphatic rings. The fourth-order valence-corrected chi connectivity index (χ4v) is 2.18. The van der Waals surface area contributed by atoms with Crippen molar-refractivity contribution in [2.75, 3.05) is 0 Å². The summed E-state index contributed by atoms with van der Waals surface area (Å²) in [6.07, 6.45) is 4.59. The first kappa shape index (κ1) is 18.0. The number of terminal acetylenes is 1. The third-order valence-corrected chi connectivity index (χ3v) is 3.47. The molecular weight excluding hydrogens is 327 g/mol. The maximum atomic E-state index is 14.4. The molecule has 7 nitrogen and oxygen atoms in total. The number of hydrogen-bond acceptors (Lipinski definition) is 5. The van der Waals surface area contributed by atoms with E-state index in [2.05, 4.69) is 11.0 Å². The summed E-state index contributed by atoms with van der Waals surface area (Å²) >= 11 is 0. The molecule has 1 heterocycles. The van der Waals surface area contributed by atoms with E-state index in [1.165, 1.54) is 13.0 Å². The van der Waals surface area contributed by atoms with Crippen molar-refractivity contribution in [1.82, 2.24) is 14.3 Å². The Hall–Kier alpha value is -3.39. The van der Waals surface area contributed by atoms with Crippen LogP contribution in [-0.4, -0.2) is 20.5 Å². The zero-order valence-electron chi connectivity index (χ0n) is 13.9. The third kappa shape index (κ3) is 3.29. The second-order valence-electron chi connectivity index (χ2n) is 5.17. The minimum absolute atomic E-state index is 0.0185. The van der Waals surface area contributed by atoms with Gasteiger partial charge in [-0.1, -0.05) is 5.92 Å². The van der Waals surface area contributed by atoms with Crippen molar-refractivity contribution in [3.05, 3.63) is 50.0 Å². The van der Waals surface area contributed by atoms with Crippen LogP contribution < -0.4 is 16.0 Å². The Kier molecular flexibility index (Phi) is 5.04. The molecule has 1 aromatic heterocycles. The summed E-state index contributed by atoms with van der Waals surface area (Å²) in [6, 6.07) is 3.90. The normalized spacial score (nSPS) is 11.4. The van der Waals surface area contributed by atoms with Gasteiger partial charge in [-0.25, -0.2) is 9.18 Å². The van der Waals surface area contributed by atoms with Crippen LogP contribution in [-0.2, 0) is 6.54 Å². The Morgan fingerprint density at radius 3 is 2.68 bits per heavy atom. The SMILES string of the molecule is C#CC(C)Oc1cc(-n2nc(C)c(=O)n(CC)c2=O)c(F)cc1C#N. The van der Waals surface area contributed by atoms with Crippen molar-refractivity contribution in [2.45, 2.75) is 33.4 Å². The first-order valence-electron chi connectivity index (χ1n) is 7.41. The van der Waals surface area contributed by atoms with E-state index in [1.54, 1.807) is 19.9 Å². The van der Waals surface area contributed by atoms with E-state index in [0.717, 1.165) is 15.3 Å². The molecule has 0 amide bonds. The van der Waals surface area contributed by atoms with Gasteiger partial charge in [-0.05, 0) is 26.8 Å². The van der Waals surface area contributed by atoms with E-state index in [9.17, 15) is 14.0 Å². The average Bonchev–Trinajstić information content (AvgIpc) is 2.59. The van der Waals surface area contributed by atoms with Gasteiger partial charge in [0.15, 0.2) is 11.9 Å². The second-order valence-corrected chi connectivity index (χ2v) is 5.17. The fourth-order valence-electron chi connectivity index (χ4n) is 2.18. The minimum Gasteiger partial charge on any atom is -0.477 e. The van der Waals surface area contributed by atoms with Gasteiger partial charge in [-0.15, -0.1) is 6.42 Å². The number of halogens is 1. The summed E-state index contributed by atoms with van der Waals surface area (Å²) in [5, 5.41) is 13.0. The molecule has 0 saturated carbocycles. The molecule has 0 aliphatic heterocycles. The highest BCUT2D eigenvalue weighted by molar-refractivity contribution is 5.51.